The molecule has 1 amide bonds. The van der Waals surface area contributed by atoms with Crippen molar-refractivity contribution in [2.45, 2.75) is 52.9 Å². The quantitative estimate of drug-likeness (QED) is 0.658. The molecule has 0 bridgehead atoms. The van der Waals surface area contributed by atoms with Gasteiger partial charge in [0.2, 0.25) is 0 Å². The second-order valence-electron chi connectivity index (χ2n) is 8.18. The summed E-state index contributed by atoms with van der Waals surface area (Å²) in [5.41, 5.74) is 2.15. The Morgan fingerprint density at radius 1 is 1.32 bits per heavy atom. The first kappa shape index (κ1) is 20.8. The van der Waals surface area contributed by atoms with Gasteiger partial charge in [-0.25, -0.2) is 0 Å². The molecule has 2 heterocycles. The number of ether oxygens (including phenoxy) is 3. The molecule has 3 rings (SSSR count). The van der Waals surface area contributed by atoms with E-state index in [0.717, 1.165) is 12.1 Å². The van der Waals surface area contributed by atoms with Crippen LogP contribution < -0.4 is 0 Å². The predicted octanol–water partition coefficient (Wildman–Crippen LogP) is 1.83. The fourth-order valence-electron chi connectivity index (χ4n) is 3.85. The maximum Gasteiger partial charge on any atom is 0.309 e. The van der Waals surface area contributed by atoms with Crippen LogP contribution in [0, 0.1) is 25.7 Å². The lowest BCUT2D eigenvalue weighted by molar-refractivity contribution is -0.145. The molecule has 0 aromatic carbocycles. The molecule has 8 heteroatoms. The van der Waals surface area contributed by atoms with Crippen LogP contribution in [0.3, 0.4) is 0 Å². The second kappa shape index (κ2) is 7.83. The minimum Gasteiger partial charge on any atom is -0.466 e. The number of nitrogens with zero attached hydrogens (tertiary/aromatic N) is 3. The molecule has 1 aliphatic carbocycles. The van der Waals surface area contributed by atoms with Crippen LogP contribution in [0.4, 0.5) is 0 Å². The molecule has 3 atom stereocenters. The molecule has 28 heavy (non-hydrogen) atoms. The van der Waals surface area contributed by atoms with Gasteiger partial charge in [0.05, 0.1) is 30.4 Å². The molecule has 1 aromatic heterocycles. The molecule has 1 saturated carbocycles. The first-order valence-electron chi connectivity index (χ1n) is 9.90. The molecular formula is C20H31N3O5. The topological polar surface area (TPSA) is 82.9 Å². The molecule has 0 unspecified atom stereocenters. The highest BCUT2D eigenvalue weighted by atomic mass is 16.7. The van der Waals surface area contributed by atoms with E-state index in [1.165, 1.54) is 0 Å². The Bertz CT molecular complexity index is 757. The van der Waals surface area contributed by atoms with E-state index in [4.69, 9.17) is 14.2 Å². The number of aromatic nitrogens is 2. The van der Waals surface area contributed by atoms with Gasteiger partial charge in [-0.05, 0) is 47.0 Å². The molecule has 0 N–H and O–H groups in total. The predicted molar refractivity (Wildman–Crippen MR) is 102 cm³/mol. The van der Waals surface area contributed by atoms with Crippen molar-refractivity contribution >= 4 is 11.9 Å². The minimum absolute atomic E-state index is 0.0779. The van der Waals surface area contributed by atoms with Gasteiger partial charge in [0.15, 0.2) is 5.79 Å². The molecular weight excluding hydrogens is 362 g/mol. The summed E-state index contributed by atoms with van der Waals surface area (Å²) in [5.74, 6) is -0.896. The SMILES string of the molecule is CCOC(=O)[C@H]1C[C@H]1CN(C[C@@H]1COC(C)(C)O1)C(=O)c1c(C)nn(C)c1C. The molecule has 8 nitrogen and oxygen atoms in total. The molecule has 1 saturated heterocycles. The monoisotopic (exact) mass is 393 g/mol. The Kier molecular flexibility index (Phi) is 5.82. The number of hydrogen-bond acceptors (Lipinski definition) is 6. The molecule has 1 aromatic rings. The van der Waals surface area contributed by atoms with Crippen molar-refractivity contribution in [3.8, 4) is 0 Å². The lowest BCUT2D eigenvalue weighted by atomic mass is 10.1. The number of carbonyl (C=O) groups is 2. The van der Waals surface area contributed by atoms with E-state index in [0.29, 0.717) is 37.6 Å². The Labute approximate surface area is 166 Å². The van der Waals surface area contributed by atoms with Crippen LogP contribution in [-0.4, -0.2) is 64.8 Å². The van der Waals surface area contributed by atoms with Gasteiger partial charge in [-0.2, -0.15) is 5.10 Å². The Balaban J connectivity index is 1.75. The van der Waals surface area contributed by atoms with E-state index in [2.05, 4.69) is 5.10 Å². The third-order valence-electron chi connectivity index (χ3n) is 5.47. The van der Waals surface area contributed by atoms with Gasteiger partial charge in [-0.1, -0.05) is 0 Å². The molecule has 1 aliphatic heterocycles. The van der Waals surface area contributed by atoms with Crippen LogP contribution in [0.5, 0.6) is 0 Å². The van der Waals surface area contributed by atoms with Crippen LogP contribution in [-0.2, 0) is 26.1 Å². The Morgan fingerprint density at radius 3 is 2.57 bits per heavy atom. The van der Waals surface area contributed by atoms with Gasteiger partial charge in [0.1, 0.15) is 6.10 Å². The second-order valence-corrected chi connectivity index (χ2v) is 8.18. The van der Waals surface area contributed by atoms with Gasteiger partial charge in [-0.15, -0.1) is 0 Å². The standard InChI is InChI=1S/C20H31N3O5/c1-7-26-19(25)16-8-14(16)9-23(10-15-11-27-20(4,5)28-15)18(24)17-12(2)21-22(6)13(17)3/h14-16H,7-11H2,1-6H3/t14-,15+,16-/m0/s1. The average Bonchev–Trinajstić information content (AvgIpc) is 3.22. The van der Waals surface area contributed by atoms with E-state index >= 15 is 0 Å². The van der Waals surface area contributed by atoms with Crippen molar-refractivity contribution in [2.24, 2.45) is 18.9 Å². The van der Waals surface area contributed by atoms with Gasteiger partial charge in [0.25, 0.3) is 5.91 Å². The van der Waals surface area contributed by atoms with Crippen LogP contribution in [0.15, 0.2) is 0 Å². The molecule has 2 aliphatic rings. The summed E-state index contributed by atoms with van der Waals surface area (Å²) in [6, 6.07) is 0. The summed E-state index contributed by atoms with van der Waals surface area (Å²) in [6.07, 6.45) is 0.553. The summed E-state index contributed by atoms with van der Waals surface area (Å²) in [5, 5.41) is 4.37. The largest absolute Gasteiger partial charge is 0.466 e. The van der Waals surface area contributed by atoms with E-state index in [9.17, 15) is 9.59 Å². The lowest BCUT2D eigenvalue weighted by Gasteiger charge is -2.26. The van der Waals surface area contributed by atoms with Gasteiger partial charge < -0.3 is 19.1 Å². The van der Waals surface area contributed by atoms with Crippen LogP contribution in [0.1, 0.15) is 48.9 Å². The van der Waals surface area contributed by atoms with Crippen molar-refractivity contribution in [3.63, 3.8) is 0 Å². The maximum atomic E-state index is 13.4. The highest BCUT2D eigenvalue weighted by Crippen LogP contribution is 2.40. The first-order chi connectivity index (χ1) is 13.1. The number of aryl methyl sites for hydroxylation is 2. The van der Waals surface area contributed by atoms with Crippen LogP contribution in [0.2, 0.25) is 0 Å². The fraction of sp³-hybridized carbons (Fsp3) is 0.750. The number of amides is 1. The Hall–Kier alpha value is -1.93. The normalized spacial score (nSPS) is 25.6. The van der Waals surface area contributed by atoms with Crippen molar-refractivity contribution in [1.82, 2.24) is 14.7 Å². The maximum absolute atomic E-state index is 13.4. The van der Waals surface area contributed by atoms with Crippen LogP contribution >= 0.6 is 0 Å². The average molecular weight is 393 g/mol. The lowest BCUT2D eigenvalue weighted by Crippen LogP contribution is -2.41. The summed E-state index contributed by atoms with van der Waals surface area (Å²) < 4.78 is 18.4. The number of carbonyl (C=O) groups excluding carboxylic acids is 2. The van der Waals surface area contributed by atoms with E-state index in [-0.39, 0.29) is 29.8 Å². The third-order valence-corrected chi connectivity index (χ3v) is 5.47. The number of esters is 1. The van der Waals surface area contributed by atoms with Crippen molar-refractivity contribution in [1.29, 1.82) is 0 Å². The van der Waals surface area contributed by atoms with Crippen LogP contribution in [0.25, 0.3) is 0 Å². The van der Waals surface area contributed by atoms with E-state index in [1.54, 1.807) is 16.5 Å². The fourth-order valence-corrected chi connectivity index (χ4v) is 3.85. The van der Waals surface area contributed by atoms with Crippen molar-refractivity contribution < 1.29 is 23.8 Å². The molecule has 0 radical (unpaired) electrons. The molecule has 156 valence electrons. The minimum atomic E-state index is -0.646. The first-order valence-corrected chi connectivity index (χ1v) is 9.90. The zero-order valence-corrected chi connectivity index (χ0v) is 17.7. The molecule has 2 fully saturated rings. The highest BCUT2D eigenvalue weighted by molar-refractivity contribution is 5.96. The van der Waals surface area contributed by atoms with Gasteiger partial charge in [0, 0.05) is 25.8 Å². The van der Waals surface area contributed by atoms with Gasteiger partial charge in [-0.3, -0.25) is 14.3 Å². The zero-order chi connectivity index (χ0) is 20.6. The summed E-state index contributed by atoms with van der Waals surface area (Å²) in [7, 11) is 1.83. The smallest absolute Gasteiger partial charge is 0.309 e. The number of hydrogen-bond donors (Lipinski definition) is 0. The van der Waals surface area contributed by atoms with E-state index < -0.39 is 5.79 Å². The zero-order valence-electron chi connectivity index (χ0n) is 17.7. The third kappa shape index (κ3) is 4.38. The Morgan fingerprint density at radius 2 is 2.04 bits per heavy atom. The summed E-state index contributed by atoms with van der Waals surface area (Å²) >= 11 is 0. The van der Waals surface area contributed by atoms with Crippen molar-refractivity contribution in [2.75, 3.05) is 26.3 Å². The highest BCUT2D eigenvalue weighted by Gasteiger charge is 2.46. The summed E-state index contributed by atoms with van der Waals surface area (Å²) in [4.78, 5) is 27.2. The van der Waals surface area contributed by atoms with Crippen molar-refractivity contribution in [3.05, 3.63) is 17.0 Å². The summed E-state index contributed by atoms with van der Waals surface area (Å²) in [6.45, 7) is 11.0. The number of rotatable bonds is 7. The van der Waals surface area contributed by atoms with Gasteiger partial charge >= 0.3 is 5.97 Å². The van der Waals surface area contributed by atoms with E-state index in [1.807, 2.05) is 34.7 Å². The molecule has 0 spiro atoms.